The lowest BCUT2D eigenvalue weighted by atomic mass is 10.5. The highest BCUT2D eigenvalue weighted by molar-refractivity contribution is 9.10. The van der Waals surface area contributed by atoms with Crippen molar-refractivity contribution in [3.8, 4) is 0 Å². The van der Waals surface area contributed by atoms with Crippen LogP contribution >= 0.6 is 15.9 Å². The van der Waals surface area contributed by atoms with E-state index in [2.05, 4.69) is 25.9 Å². The van der Waals surface area contributed by atoms with E-state index in [9.17, 15) is 8.78 Å². The van der Waals surface area contributed by atoms with Gasteiger partial charge < -0.3 is 0 Å². The first-order valence-electron chi connectivity index (χ1n) is 4.02. The molecule has 0 aliphatic heterocycles. The first kappa shape index (κ1) is 11.7. The molecule has 5 heteroatoms. The van der Waals surface area contributed by atoms with Gasteiger partial charge in [-0.25, -0.2) is 9.97 Å². The molecule has 0 bridgehead atoms. The molecule has 0 aromatic carbocycles. The van der Waals surface area contributed by atoms with Crippen molar-refractivity contribution in [1.82, 2.24) is 9.97 Å². The number of hydrogen-bond donors (Lipinski definition) is 0. The molecule has 0 atom stereocenters. The highest BCUT2D eigenvalue weighted by atomic mass is 79.9. The average Bonchev–Trinajstić information content (AvgIpc) is 2.25. The molecule has 0 fully saturated rings. The second-order valence-electron chi connectivity index (χ2n) is 2.43. The topological polar surface area (TPSA) is 25.8 Å². The van der Waals surface area contributed by atoms with Crippen LogP contribution < -0.4 is 0 Å². The van der Waals surface area contributed by atoms with Crippen LogP contribution in [0, 0.1) is 11.9 Å². The van der Waals surface area contributed by atoms with Crippen LogP contribution in [-0.4, -0.2) is 9.97 Å². The van der Waals surface area contributed by atoms with Crippen LogP contribution in [0.4, 0.5) is 8.78 Å². The Bertz CT molecular complexity index is 388. The minimum absolute atomic E-state index is 0.403. The van der Waals surface area contributed by atoms with E-state index in [1.165, 1.54) is 18.5 Å². The number of aromatic nitrogens is 2. The molecule has 0 amide bonds. The van der Waals surface area contributed by atoms with Crippen molar-refractivity contribution >= 4 is 15.9 Å². The minimum Gasteiger partial charge on any atom is -0.228 e. The van der Waals surface area contributed by atoms with Gasteiger partial charge in [0.05, 0.1) is 4.47 Å². The van der Waals surface area contributed by atoms with Crippen molar-refractivity contribution in [2.24, 2.45) is 0 Å². The van der Waals surface area contributed by atoms with E-state index in [0.717, 1.165) is 0 Å². The van der Waals surface area contributed by atoms with E-state index < -0.39 is 11.9 Å². The second-order valence-corrected chi connectivity index (χ2v) is 3.28. The van der Waals surface area contributed by atoms with Crippen LogP contribution in [0.15, 0.2) is 47.2 Å². The largest absolute Gasteiger partial charge is 0.228 e. The number of hydrogen-bond acceptors (Lipinski definition) is 2. The highest BCUT2D eigenvalue weighted by Crippen LogP contribution is 2.09. The molecule has 15 heavy (non-hydrogen) atoms. The molecule has 0 aliphatic carbocycles. The number of nitrogens with zero attached hydrogens (tertiary/aromatic N) is 2. The molecular formula is C10H7BrF2N2. The summed E-state index contributed by atoms with van der Waals surface area (Å²) in [6.07, 6.45) is 2.81. The van der Waals surface area contributed by atoms with Crippen molar-refractivity contribution < 1.29 is 8.78 Å². The van der Waals surface area contributed by atoms with Gasteiger partial charge in [-0.1, -0.05) is 6.07 Å². The maximum atomic E-state index is 12.2. The van der Waals surface area contributed by atoms with Crippen LogP contribution in [0.5, 0.6) is 0 Å². The summed E-state index contributed by atoms with van der Waals surface area (Å²) in [5.74, 6) is -0.894. The van der Waals surface area contributed by atoms with Gasteiger partial charge in [-0.05, 0) is 40.2 Å². The lowest BCUT2D eigenvalue weighted by Crippen LogP contribution is -1.79. The third-order valence-corrected chi connectivity index (χ3v) is 1.93. The Balaban J connectivity index is 0.000000151. The maximum absolute atomic E-state index is 12.2. The van der Waals surface area contributed by atoms with E-state index >= 15 is 0 Å². The predicted molar refractivity (Wildman–Crippen MR) is 56.1 cm³/mol. The summed E-state index contributed by atoms with van der Waals surface area (Å²) < 4.78 is 24.4. The van der Waals surface area contributed by atoms with Gasteiger partial charge in [-0.2, -0.15) is 8.78 Å². The van der Waals surface area contributed by atoms with Crippen molar-refractivity contribution in [3.63, 3.8) is 0 Å². The molecule has 0 saturated carbocycles. The minimum atomic E-state index is -0.465. The number of halogens is 3. The molecule has 2 rings (SSSR count). The highest BCUT2D eigenvalue weighted by Gasteiger charge is 1.92. The maximum Gasteiger partial charge on any atom is 0.227 e. The Morgan fingerprint density at radius 1 is 0.933 bits per heavy atom. The summed E-state index contributed by atoms with van der Waals surface area (Å²) in [5.41, 5.74) is 0. The first-order valence-corrected chi connectivity index (χ1v) is 4.82. The van der Waals surface area contributed by atoms with Crippen molar-refractivity contribution in [3.05, 3.63) is 59.1 Å². The normalized spacial score (nSPS) is 9.00. The molecule has 2 aromatic rings. The van der Waals surface area contributed by atoms with Crippen LogP contribution in [0.25, 0.3) is 0 Å². The lowest BCUT2D eigenvalue weighted by molar-refractivity contribution is 0.577. The van der Waals surface area contributed by atoms with Gasteiger partial charge >= 0.3 is 0 Å². The molecule has 0 N–H and O–H groups in total. The van der Waals surface area contributed by atoms with Crippen LogP contribution in [0.2, 0.25) is 0 Å². The van der Waals surface area contributed by atoms with Crippen molar-refractivity contribution in [2.45, 2.75) is 0 Å². The molecule has 0 unspecified atom stereocenters. The second kappa shape index (κ2) is 6.19. The molecule has 2 nitrogen and oxygen atoms in total. The zero-order valence-electron chi connectivity index (χ0n) is 7.57. The van der Waals surface area contributed by atoms with Crippen LogP contribution in [0.1, 0.15) is 0 Å². The molecular weight excluding hydrogens is 266 g/mol. The van der Waals surface area contributed by atoms with Gasteiger partial charge in [0.1, 0.15) is 0 Å². The zero-order valence-corrected chi connectivity index (χ0v) is 9.16. The van der Waals surface area contributed by atoms with E-state index in [1.54, 1.807) is 24.3 Å². The summed E-state index contributed by atoms with van der Waals surface area (Å²) in [5, 5.41) is 0. The Kier molecular flexibility index (Phi) is 4.83. The standard InChI is InChI=1S/C5H3BrFN.C5H4FN/c6-4-2-1-3-8-5(4)7;6-5-3-1-2-4-7-5/h1-3H;1-4H. The molecule has 2 heterocycles. The van der Waals surface area contributed by atoms with Gasteiger partial charge in [0, 0.05) is 12.4 Å². The van der Waals surface area contributed by atoms with Gasteiger partial charge in [-0.3, -0.25) is 0 Å². The fraction of sp³-hybridized carbons (Fsp3) is 0. The molecule has 0 saturated heterocycles. The molecule has 0 spiro atoms. The summed E-state index contributed by atoms with van der Waals surface area (Å²) in [4.78, 5) is 6.68. The summed E-state index contributed by atoms with van der Waals surface area (Å²) in [6, 6.07) is 7.83. The third kappa shape index (κ3) is 4.60. The van der Waals surface area contributed by atoms with Gasteiger partial charge in [0.25, 0.3) is 0 Å². The van der Waals surface area contributed by atoms with E-state index in [-0.39, 0.29) is 0 Å². The first-order chi connectivity index (χ1) is 7.20. The van der Waals surface area contributed by atoms with Gasteiger partial charge in [-0.15, -0.1) is 0 Å². The fourth-order valence-corrected chi connectivity index (χ4v) is 0.963. The summed E-state index contributed by atoms with van der Waals surface area (Å²) in [6.45, 7) is 0. The molecule has 0 radical (unpaired) electrons. The number of pyridine rings is 2. The zero-order chi connectivity index (χ0) is 11.1. The summed E-state index contributed by atoms with van der Waals surface area (Å²) in [7, 11) is 0. The average molecular weight is 273 g/mol. The quantitative estimate of drug-likeness (QED) is 0.689. The van der Waals surface area contributed by atoms with E-state index in [1.807, 2.05) is 0 Å². The van der Waals surface area contributed by atoms with Gasteiger partial charge in [0.2, 0.25) is 11.9 Å². The Morgan fingerprint density at radius 3 is 2.00 bits per heavy atom. The Hall–Kier alpha value is -1.36. The smallest absolute Gasteiger partial charge is 0.227 e. The van der Waals surface area contributed by atoms with Crippen molar-refractivity contribution in [1.29, 1.82) is 0 Å². The van der Waals surface area contributed by atoms with Crippen LogP contribution in [0.3, 0.4) is 0 Å². The molecule has 0 aliphatic rings. The lowest BCUT2D eigenvalue weighted by Gasteiger charge is -1.86. The summed E-state index contributed by atoms with van der Waals surface area (Å²) >= 11 is 2.96. The SMILES string of the molecule is Fc1ccccn1.Fc1ncccc1Br. The van der Waals surface area contributed by atoms with E-state index in [4.69, 9.17) is 0 Å². The third-order valence-electron chi connectivity index (χ3n) is 1.34. The molecule has 2 aromatic heterocycles. The Labute approximate surface area is 94.1 Å². The fourth-order valence-electron chi connectivity index (χ4n) is 0.708. The van der Waals surface area contributed by atoms with Crippen molar-refractivity contribution in [2.75, 3.05) is 0 Å². The predicted octanol–water partition coefficient (Wildman–Crippen LogP) is 3.20. The van der Waals surface area contributed by atoms with E-state index in [0.29, 0.717) is 4.47 Å². The Morgan fingerprint density at radius 2 is 1.67 bits per heavy atom. The molecule has 78 valence electrons. The van der Waals surface area contributed by atoms with Gasteiger partial charge in [0.15, 0.2) is 0 Å². The number of rotatable bonds is 0. The van der Waals surface area contributed by atoms with Crippen LogP contribution in [-0.2, 0) is 0 Å². The monoisotopic (exact) mass is 272 g/mol.